The molecule has 7 heteroatoms. The van der Waals surface area contributed by atoms with Crippen LogP contribution in [-0.4, -0.2) is 16.5 Å². The van der Waals surface area contributed by atoms with Gasteiger partial charge in [-0.1, -0.05) is 13.0 Å². The lowest BCUT2D eigenvalue weighted by Gasteiger charge is -2.09. The van der Waals surface area contributed by atoms with E-state index in [0.717, 1.165) is 6.42 Å². The Bertz CT molecular complexity index is 649. The summed E-state index contributed by atoms with van der Waals surface area (Å²) in [5, 5.41) is 16.8. The van der Waals surface area contributed by atoms with E-state index in [1.54, 1.807) is 12.1 Å². The number of hydrogen-bond donors (Lipinski definition) is 2. The first-order valence-electron chi connectivity index (χ1n) is 6.51. The molecule has 110 valence electrons. The summed E-state index contributed by atoms with van der Waals surface area (Å²) in [5.74, 6) is 0.299. The van der Waals surface area contributed by atoms with E-state index in [1.165, 1.54) is 24.3 Å². The molecular formula is C14H15FN4O2. The number of nitrogens with zero attached hydrogens (tertiary/aromatic N) is 2. The molecule has 1 aromatic heterocycles. The average Bonchev–Trinajstić information content (AvgIpc) is 2.45. The van der Waals surface area contributed by atoms with Crippen molar-refractivity contribution in [2.24, 2.45) is 0 Å². The van der Waals surface area contributed by atoms with Crippen LogP contribution in [0, 0.1) is 15.9 Å². The Hall–Kier alpha value is -2.70. The second kappa shape index (κ2) is 6.65. The molecule has 0 aliphatic carbocycles. The summed E-state index contributed by atoms with van der Waals surface area (Å²) in [4.78, 5) is 14.7. The van der Waals surface area contributed by atoms with Gasteiger partial charge in [-0.25, -0.2) is 9.37 Å². The van der Waals surface area contributed by atoms with Crippen LogP contribution >= 0.6 is 0 Å². The number of anilines is 3. The average molecular weight is 290 g/mol. The zero-order valence-corrected chi connectivity index (χ0v) is 11.5. The summed E-state index contributed by atoms with van der Waals surface area (Å²) < 4.78 is 13.1. The number of pyridine rings is 1. The Kier molecular flexibility index (Phi) is 4.65. The van der Waals surface area contributed by atoms with Crippen LogP contribution in [-0.2, 0) is 0 Å². The fraction of sp³-hybridized carbons (Fsp3) is 0.214. The zero-order chi connectivity index (χ0) is 15.2. The van der Waals surface area contributed by atoms with Crippen molar-refractivity contribution in [3.8, 4) is 0 Å². The molecule has 21 heavy (non-hydrogen) atoms. The van der Waals surface area contributed by atoms with Crippen LogP contribution in [0.2, 0.25) is 0 Å². The van der Waals surface area contributed by atoms with Gasteiger partial charge in [-0.3, -0.25) is 10.1 Å². The van der Waals surface area contributed by atoms with Crippen molar-refractivity contribution in [3.63, 3.8) is 0 Å². The van der Waals surface area contributed by atoms with Gasteiger partial charge in [-0.15, -0.1) is 0 Å². The highest BCUT2D eigenvalue weighted by Gasteiger charge is 2.11. The lowest BCUT2D eigenvalue weighted by molar-refractivity contribution is -0.384. The summed E-state index contributed by atoms with van der Waals surface area (Å²) in [6.07, 6.45) is 0.872. The van der Waals surface area contributed by atoms with E-state index in [-0.39, 0.29) is 11.5 Å². The number of aromatic nitrogens is 1. The normalized spacial score (nSPS) is 10.2. The molecule has 0 radical (unpaired) electrons. The number of hydrogen-bond acceptors (Lipinski definition) is 5. The Balaban J connectivity index is 2.28. The Labute approximate surface area is 121 Å². The fourth-order valence-corrected chi connectivity index (χ4v) is 1.74. The quantitative estimate of drug-likeness (QED) is 0.626. The van der Waals surface area contributed by atoms with Gasteiger partial charge in [0.15, 0.2) is 0 Å². The van der Waals surface area contributed by atoms with E-state index >= 15 is 0 Å². The highest BCUT2D eigenvalue weighted by Crippen LogP contribution is 2.23. The molecule has 0 amide bonds. The minimum absolute atomic E-state index is 0.0810. The lowest BCUT2D eigenvalue weighted by Crippen LogP contribution is -2.05. The first-order chi connectivity index (χ1) is 10.1. The van der Waals surface area contributed by atoms with Crippen molar-refractivity contribution in [1.82, 2.24) is 4.98 Å². The molecule has 1 heterocycles. The molecule has 0 unspecified atom stereocenters. The van der Waals surface area contributed by atoms with Crippen molar-refractivity contribution in [1.29, 1.82) is 0 Å². The van der Waals surface area contributed by atoms with E-state index in [2.05, 4.69) is 15.6 Å². The summed E-state index contributed by atoms with van der Waals surface area (Å²) in [6.45, 7) is 2.64. The molecule has 2 N–H and O–H groups in total. The standard InChI is InChI=1S/C14H15FN4O2/c1-2-6-16-13-8-12(19(20)21)9-14(18-13)17-11-5-3-4-10(15)7-11/h3-5,7-9H,2,6H2,1H3,(H2,16,17,18). The number of benzene rings is 1. The van der Waals surface area contributed by atoms with Crippen LogP contribution in [0.1, 0.15) is 13.3 Å². The van der Waals surface area contributed by atoms with E-state index < -0.39 is 10.7 Å². The maximum Gasteiger partial charge on any atom is 0.276 e. The first-order valence-corrected chi connectivity index (χ1v) is 6.51. The summed E-state index contributed by atoms with van der Waals surface area (Å²) in [7, 11) is 0. The number of rotatable bonds is 6. The van der Waals surface area contributed by atoms with Crippen molar-refractivity contribution in [2.75, 3.05) is 17.2 Å². The van der Waals surface area contributed by atoms with Gasteiger partial charge in [0.1, 0.15) is 17.5 Å². The zero-order valence-electron chi connectivity index (χ0n) is 11.5. The molecule has 6 nitrogen and oxygen atoms in total. The highest BCUT2D eigenvalue weighted by atomic mass is 19.1. The fourth-order valence-electron chi connectivity index (χ4n) is 1.74. The van der Waals surface area contributed by atoms with Gasteiger partial charge in [-0.2, -0.15) is 0 Å². The van der Waals surface area contributed by atoms with Crippen LogP contribution in [0.5, 0.6) is 0 Å². The van der Waals surface area contributed by atoms with Crippen LogP contribution in [0.3, 0.4) is 0 Å². The van der Waals surface area contributed by atoms with Gasteiger partial charge >= 0.3 is 0 Å². The maximum atomic E-state index is 13.1. The monoisotopic (exact) mass is 290 g/mol. The van der Waals surface area contributed by atoms with E-state index in [4.69, 9.17) is 0 Å². The van der Waals surface area contributed by atoms with E-state index in [9.17, 15) is 14.5 Å². The van der Waals surface area contributed by atoms with Gasteiger partial charge in [0.25, 0.3) is 5.69 Å². The minimum Gasteiger partial charge on any atom is -0.370 e. The third kappa shape index (κ3) is 4.13. The van der Waals surface area contributed by atoms with Crippen molar-refractivity contribution in [2.45, 2.75) is 13.3 Å². The smallest absolute Gasteiger partial charge is 0.276 e. The number of nitro groups is 1. The summed E-state index contributed by atoms with van der Waals surface area (Å²) in [5.41, 5.74) is 0.395. The molecule has 0 bridgehead atoms. The Morgan fingerprint density at radius 2 is 2.05 bits per heavy atom. The SMILES string of the molecule is CCCNc1cc([N+](=O)[O-])cc(Nc2cccc(F)c2)n1. The topological polar surface area (TPSA) is 80.1 Å². The van der Waals surface area contributed by atoms with Crippen molar-refractivity contribution in [3.05, 3.63) is 52.3 Å². The molecule has 0 aliphatic heterocycles. The number of halogens is 1. The molecular weight excluding hydrogens is 275 g/mol. The molecule has 2 aromatic rings. The molecule has 0 aliphatic rings. The van der Waals surface area contributed by atoms with Gasteiger partial charge in [0.05, 0.1) is 17.1 Å². The third-order valence-electron chi connectivity index (χ3n) is 2.67. The van der Waals surface area contributed by atoms with Gasteiger partial charge in [0.2, 0.25) is 0 Å². The van der Waals surface area contributed by atoms with Crippen molar-refractivity contribution < 1.29 is 9.31 Å². The van der Waals surface area contributed by atoms with Gasteiger partial charge < -0.3 is 10.6 Å². The number of nitrogens with one attached hydrogen (secondary N) is 2. The first kappa shape index (κ1) is 14.7. The van der Waals surface area contributed by atoms with Crippen LogP contribution < -0.4 is 10.6 Å². The van der Waals surface area contributed by atoms with Crippen LogP contribution in [0.15, 0.2) is 36.4 Å². The third-order valence-corrected chi connectivity index (χ3v) is 2.67. The molecule has 2 rings (SSSR count). The van der Waals surface area contributed by atoms with E-state index in [1.807, 2.05) is 6.92 Å². The Morgan fingerprint density at radius 3 is 2.71 bits per heavy atom. The lowest BCUT2D eigenvalue weighted by atomic mass is 10.3. The largest absolute Gasteiger partial charge is 0.370 e. The van der Waals surface area contributed by atoms with Gasteiger partial charge in [-0.05, 0) is 24.6 Å². The minimum atomic E-state index is -0.491. The maximum absolute atomic E-state index is 13.1. The predicted octanol–water partition coefficient (Wildman–Crippen LogP) is 3.69. The second-order valence-electron chi connectivity index (χ2n) is 4.42. The van der Waals surface area contributed by atoms with Gasteiger partial charge in [0, 0.05) is 12.2 Å². The molecule has 0 fully saturated rings. The molecule has 0 saturated heterocycles. The van der Waals surface area contributed by atoms with Crippen LogP contribution in [0.25, 0.3) is 0 Å². The summed E-state index contributed by atoms with van der Waals surface area (Å²) >= 11 is 0. The second-order valence-corrected chi connectivity index (χ2v) is 4.42. The molecule has 1 aromatic carbocycles. The summed E-state index contributed by atoms with van der Waals surface area (Å²) in [6, 6.07) is 8.49. The molecule has 0 spiro atoms. The predicted molar refractivity (Wildman–Crippen MR) is 79.4 cm³/mol. The Morgan fingerprint density at radius 1 is 1.29 bits per heavy atom. The molecule has 0 saturated carbocycles. The van der Waals surface area contributed by atoms with Crippen LogP contribution in [0.4, 0.5) is 27.4 Å². The van der Waals surface area contributed by atoms with Crippen molar-refractivity contribution >= 4 is 23.0 Å². The van der Waals surface area contributed by atoms with E-state index in [0.29, 0.717) is 18.1 Å². The molecule has 0 atom stereocenters. The highest BCUT2D eigenvalue weighted by molar-refractivity contribution is 5.62.